The molecule has 3 N–H and O–H groups in total. The van der Waals surface area contributed by atoms with Crippen LogP contribution in [0.3, 0.4) is 0 Å². The van der Waals surface area contributed by atoms with Crippen molar-refractivity contribution in [3.05, 3.63) is 59.9 Å². The molecule has 22 heavy (non-hydrogen) atoms. The van der Waals surface area contributed by atoms with Crippen molar-refractivity contribution in [1.29, 1.82) is 0 Å². The zero-order chi connectivity index (χ0) is 16.1. The van der Waals surface area contributed by atoms with E-state index in [0.717, 1.165) is 0 Å². The smallest absolute Gasteiger partial charge is 0.257 e. The molecule has 114 valence electrons. The van der Waals surface area contributed by atoms with Crippen LogP contribution < -0.4 is 10.6 Å². The van der Waals surface area contributed by atoms with Crippen LogP contribution in [-0.2, 0) is 11.1 Å². The van der Waals surface area contributed by atoms with Crippen molar-refractivity contribution < 1.29 is 17.9 Å². The van der Waals surface area contributed by atoms with Gasteiger partial charge in [0.05, 0.1) is 4.90 Å². The molecule has 5 nitrogen and oxygen atoms in total. The van der Waals surface area contributed by atoms with Crippen LogP contribution in [0.15, 0.2) is 53.4 Å². The Bertz CT molecular complexity index is 718. The van der Waals surface area contributed by atoms with Gasteiger partial charge in [-0.25, -0.2) is 8.60 Å². The lowest BCUT2D eigenvalue weighted by molar-refractivity contribution is 0.0977. The Morgan fingerprint density at radius 3 is 2.23 bits per heavy atom. The number of hydrogen-bond acceptors (Lipinski definition) is 3. The van der Waals surface area contributed by atoms with Crippen LogP contribution in [0, 0.1) is 5.82 Å². The maximum absolute atomic E-state index is 12.8. The number of thiocarbonyl (C=S) groups is 1. The number of benzene rings is 2. The number of rotatable bonds is 3. The predicted octanol–water partition coefficient (Wildman–Crippen LogP) is 2.53. The summed E-state index contributed by atoms with van der Waals surface area (Å²) >= 11 is 2.95. The van der Waals surface area contributed by atoms with Gasteiger partial charge in [0, 0.05) is 11.3 Å². The molecule has 1 unspecified atom stereocenters. The summed E-state index contributed by atoms with van der Waals surface area (Å²) in [6, 6.07) is 11.1. The average molecular weight is 338 g/mol. The van der Waals surface area contributed by atoms with Gasteiger partial charge in [0.25, 0.3) is 5.91 Å². The second-order valence-corrected chi connectivity index (χ2v) is 5.57. The van der Waals surface area contributed by atoms with Crippen LogP contribution in [0.1, 0.15) is 10.4 Å². The Labute approximate surface area is 133 Å². The number of amides is 1. The Morgan fingerprint density at radius 2 is 1.68 bits per heavy atom. The van der Waals surface area contributed by atoms with E-state index in [1.54, 1.807) is 12.1 Å². The molecule has 0 fully saturated rings. The molecule has 2 aromatic rings. The minimum Gasteiger partial charge on any atom is -0.332 e. The van der Waals surface area contributed by atoms with Gasteiger partial charge in [0.15, 0.2) is 16.2 Å². The fourth-order valence-corrected chi connectivity index (χ4v) is 2.17. The molecule has 0 saturated heterocycles. The lowest BCUT2D eigenvalue weighted by atomic mass is 10.2. The summed E-state index contributed by atoms with van der Waals surface area (Å²) in [5.74, 6) is -0.899. The Morgan fingerprint density at radius 1 is 1.09 bits per heavy atom. The fourth-order valence-electron chi connectivity index (χ4n) is 1.59. The lowest BCUT2D eigenvalue weighted by Crippen LogP contribution is -2.34. The summed E-state index contributed by atoms with van der Waals surface area (Å²) in [5.41, 5.74) is 0.829. The minimum atomic E-state index is -2.05. The molecule has 0 spiro atoms. The molecule has 0 bridgehead atoms. The summed E-state index contributed by atoms with van der Waals surface area (Å²) in [6.45, 7) is 0. The minimum absolute atomic E-state index is 0.0622. The highest BCUT2D eigenvalue weighted by Gasteiger charge is 2.08. The van der Waals surface area contributed by atoms with Crippen LogP contribution in [-0.4, -0.2) is 19.8 Å². The zero-order valence-electron chi connectivity index (χ0n) is 11.1. The Kier molecular flexibility index (Phi) is 5.31. The van der Waals surface area contributed by atoms with E-state index < -0.39 is 22.8 Å². The first kappa shape index (κ1) is 16.2. The van der Waals surface area contributed by atoms with Crippen molar-refractivity contribution >= 4 is 40.0 Å². The summed E-state index contributed by atoms with van der Waals surface area (Å²) < 4.78 is 32.5. The number of halogens is 1. The van der Waals surface area contributed by atoms with Crippen LogP contribution in [0.4, 0.5) is 10.1 Å². The first-order valence-electron chi connectivity index (χ1n) is 6.04. The maximum Gasteiger partial charge on any atom is 0.257 e. The highest BCUT2D eigenvalue weighted by atomic mass is 32.2. The summed E-state index contributed by atoms with van der Waals surface area (Å²) in [4.78, 5) is 12.1. The monoisotopic (exact) mass is 338 g/mol. The van der Waals surface area contributed by atoms with Crippen LogP contribution in [0.2, 0.25) is 0 Å². The van der Waals surface area contributed by atoms with E-state index in [1.807, 2.05) is 0 Å². The molecule has 0 heterocycles. The molecule has 0 radical (unpaired) electrons. The van der Waals surface area contributed by atoms with E-state index in [2.05, 4.69) is 10.6 Å². The Hall–Kier alpha value is -2.16. The number of hydrogen-bond donors (Lipinski definition) is 3. The van der Waals surface area contributed by atoms with E-state index in [4.69, 9.17) is 16.8 Å². The van der Waals surface area contributed by atoms with E-state index in [-0.39, 0.29) is 15.6 Å². The van der Waals surface area contributed by atoms with Crippen LogP contribution in [0.5, 0.6) is 0 Å². The standard InChI is InChI=1S/C14H11FN2O3S2/c15-10-3-1-9(2-4-10)13(18)17-14(21)16-11-5-7-12(8-6-11)22(19)20/h1-8H,(H,19,20)(H2,16,17,18,21). The van der Waals surface area contributed by atoms with Crippen LogP contribution in [0.25, 0.3) is 0 Å². The van der Waals surface area contributed by atoms with Crippen LogP contribution >= 0.6 is 12.2 Å². The summed E-state index contributed by atoms with van der Waals surface area (Å²) in [5, 5.41) is 5.28. The fraction of sp³-hybridized carbons (Fsp3) is 0. The molecule has 0 aliphatic carbocycles. The lowest BCUT2D eigenvalue weighted by Gasteiger charge is -2.09. The zero-order valence-corrected chi connectivity index (χ0v) is 12.7. The molecule has 2 rings (SSSR count). The van der Waals surface area contributed by atoms with Gasteiger partial charge in [0.2, 0.25) is 0 Å². The van der Waals surface area contributed by atoms with Gasteiger partial charge in [0.1, 0.15) is 5.82 Å². The average Bonchev–Trinajstić information content (AvgIpc) is 2.48. The van der Waals surface area contributed by atoms with E-state index >= 15 is 0 Å². The number of nitrogens with one attached hydrogen (secondary N) is 2. The van der Waals surface area contributed by atoms with Crippen molar-refractivity contribution in [2.24, 2.45) is 0 Å². The molecule has 1 atom stereocenters. The molecule has 0 aliphatic heterocycles. The molecule has 1 amide bonds. The SMILES string of the molecule is O=C(NC(=S)Nc1ccc(S(=O)O)cc1)c1ccc(F)cc1. The third-order valence-electron chi connectivity index (χ3n) is 2.65. The van der Waals surface area contributed by atoms with Crippen molar-refractivity contribution in [2.75, 3.05) is 5.32 Å². The molecule has 8 heteroatoms. The normalized spacial score (nSPS) is 11.5. The largest absolute Gasteiger partial charge is 0.332 e. The van der Waals surface area contributed by atoms with Gasteiger partial charge in [-0.2, -0.15) is 0 Å². The summed E-state index contributed by atoms with van der Waals surface area (Å²) in [6.07, 6.45) is 0. The van der Waals surface area contributed by atoms with Gasteiger partial charge in [-0.3, -0.25) is 10.1 Å². The number of carbonyl (C=O) groups excluding carboxylic acids is 1. The highest BCUT2D eigenvalue weighted by molar-refractivity contribution is 7.80. The number of anilines is 1. The highest BCUT2D eigenvalue weighted by Crippen LogP contribution is 2.11. The van der Waals surface area contributed by atoms with E-state index in [0.29, 0.717) is 5.69 Å². The maximum atomic E-state index is 12.8. The van der Waals surface area contributed by atoms with Crippen molar-refractivity contribution in [3.8, 4) is 0 Å². The quantitative estimate of drug-likeness (QED) is 0.592. The molecular weight excluding hydrogens is 327 g/mol. The second-order valence-electron chi connectivity index (χ2n) is 4.19. The third-order valence-corrected chi connectivity index (χ3v) is 3.53. The first-order chi connectivity index (χ1) is 10.5. The topological polar surface area (TPSA) is 78.4 Å². The number of carbonyl (C=O) groups is 1. The van der Waals surface area contributed by atoms with Gasteiger partial charge in [-0.1, -0.05) is 0 Å². The van der Waals surface area contributed by atoms with E-state index in [9.17, 15) is 13.4 Å². The van der Waals surface area contributed by atoms with Crippen molar-refractivity contribution in [1.82, 2.24) is 5.32 Å². The first-order valence-corrected chi connectivity index (χ1v) is 7.56. The van der Waals surface area contributed by atoms with Gasteiger partial charge in [-0.15, -0.1) is 0 Å². The third kappa shape index (κ3) is 4.42. The molecule has 0 aliphatic rings. The van der Waals surface area contributed by atoms with Crippen molar-refractivity contribution in [3.63, 3.8) is 0 Å². The Balaban J connectivity index is 1.96. The molecule has 2 aromatic carbocycles. The van der Waals surface area contributed by atoms with E-state index in [1.165, 1.54) is 36.4 Å². The molecular formula is C14H11FN2O3S2. The van der Waals surface area contributed by atoms with Crippen molar-refractivity contribution in [2.45, 2.75) is 4.90 Å². The van der Waals surface area contributed by atoms with Gasteiger partial charge >= 0.3 is 0 Å². The summed E-state index contributed by atoms with van der Waals surface area (Å²) in [7, 11) is 0. The second kappa shape index (κ2) is 7.21. The molecule has 0 aromatic heterocycles. The van der Waals surface area contributed by atoms with Gasteiger partial charge < -0.3 is 9.87 Å². The van der Waals surface area contributed by atoms with Gasteiger partial charge in [-0.05, 0) is 60.7 Å². The molecule has 0 saturated carbocycles. The predicted molar refractivity (Wildman–Crippen MR) is 85.6 cm³/mol.